The topological polar surface area (TPSA) is 76.0 Å². The quantitative estimate of drug-likeness (QED) is 0.517. The Kier molecular flexibility index (Phi) is 5.73. The Morgan fingerprint density at radius 3 is 2.60 bits per heavy atom. The normalized spacial score (nSPS) is 15.1. The number of nitrogens with one attached hydrogen (secondary N) is 2. The molecule has 2 aromatic carbocycles. The van der Waals surface area contributed by atoms with Crippen LogP contribution in [-0.2, 0) is 16.0 Å². The van der Waals surface area contributed by atoms with E-state index in [9.17, 15) is 9.59 Å². The summed E-state index contributed by atoms with van der Waals surface area (Å²) in [7, 11) is 0. The van der Waals surface area contributed by atoms with Crippen LogP contribution in [0, 0.1) is 0 Å². The maximum absolute atomic E-state index is 12.6. The van der Waals surface area contributed by atoms with Crippen LogP contribution in [0.5, 0.6) is 0 Å². The van der Waals surface area contributed by atoms with E-state index in [-0.39, 0.29) is 23.3 Å². The molecule has 0 saturated carbocycles. The van der Waals surface area contributed by atoms with E-state index in [1.54, 1.807) is 35.0 Å². The van der Waals surface area contributed by atoms with Crippen LogP contribution < -0.4 is 10.6 Å². The average molecular weight is 464 g/mol. The molecule has 0 bridgehead atoms. The minimum Gasteiger partial charge on any atom is -0.325 e. The molecule has 1 aliphatic heterocycles. The van der Waals surface area contributed by atoms with Crippen LogP contribution in [0.3, 0.4) is 0 Å². The fraction of sp³-hybridized carbons (Fsp3) is 0.190. The molecule has 1 atom stereocenters. The second-order valence-electron chi connectivity index (χ2n) is 6.83. The van der Waals surface area contributed by atoms with Gasteiger partial charge in [-0.05, 0) is 36.2 Å². The third-order valence-electron chi connectivity index (χ3n) is 4.89. The summed E-state index contributed by atoms with van der Waals surface area (Å²) >= 11 is 18.1. The van der Waals surface area contributed by atoms with Gasteiger partial charge in [-0.1, -0.05) is 59.9 Å². The van der Waals surface area contributed by atoms with Crippen LogP contribution in [0.15, 0.2) is 42.5 Å². The molecule has 0 spiro atoms. The van der Waals surface area contributed by atoms with Crippen molar-refractivity contribution in [2.45, 2.75) is 25.8 Å². The maximum atomic E-state index is 12.6. The number of halogens is 3. The number of benzene rings is 2. The number of anilines is 2. The zero-order valence-electron chi connectivity index (χ0n) is 15.9. The van der Waals surface area contributed by atoms with Crippen molar-refractivity contribution in [2.24, 2.45) is 0 Å². The van der Waals surface area contributed by atoms with Gasteiger partial charge in [0.25, 0.3) is 5.91 Å². The number of rotatable bonds is 5. The Morgan fingerprint density at radius 1 is 1.17 bits per heavy atom. The average Bonchev–Trinajstić information content (AvgIpc) is 3.21. The predicted molar refractivity (Wildman–Crippen MR) is 119 cm³/mol. The van der Waals surface area contributed by atoms with Crippen molar-refractivity contribution in [1.82, 2.24) is 9.78 Å². The molecule has 1 aliphatic rings. The van der Waals surface area contributed by atoms with E-state index in [1.165, 1.54) is 0 Å². The molecule has 2 amide bonds. The summed E-state index contributed by atoms with van der Waals surface area (Å²) < 4.78 is 1.59. The fourth-order valence-electron chi connectivity index (χ4n) is 3.46. The minimum absolute atomic E-state index is 0.0907. The highest BCUT2D eigenvalue weighted by Crippen LogP contribution is 2.39. The molecule has 6 nitrogen and oxygen atoms in total. The van der Waals surface area contributed by atoms with Gasteiger partial charge in [-0.15, -0.1) is 0 Å². The number of hydrogen-bond donors (Lipinski definition) is 2. The molecular weight excluding hydrogens is 447 g/mol. The summed E-state index contributed by atoms with van der Waals surface area (Å²) in [5.41, 5.74) is 2.96. The van der Waals surface area contributed by atoms with E-state index in [4.69, 9.17) is 34.8 Å². The summed E-state index contributed by atoms with van der Waals surface area (Å²) in [6, 6.07) is 11.5. The first-order valence-corrected chi connectivity index (χ1v) is 10.4. The van der Waals surface area contributed by atoms with Crippen molar-refractivity contribution in [3.63, 3.8) is 0 Å². The minimum atomic E-state index is -0.760. The summed E-state index contributed by atoms with van der Waals surface area (Å²) in [6.07, 6.45) is 0.581. The van der Waals surface area contributed by atoms with Crippen molar-refractivity contribution in [3.8, 4) is 11.1 Å². The number of carbonyl (C=O) groups is 2. The lowest BCUT2D eigenvalue weighted by atomic mass is 10.0. The van der Waals surface area contributed by atoms with Crippen LogP contribution in [0.25, 0.3) is 11.1 Å². The Bertz CT molecular complexity index is 1140. The monoisotopic (exact) mass is 462 g/mol. The predicted octanol–water partition coefficient (Wildman–Crippen LogP) is 5.59. The molecule has 4 rings (SSSR count). The number of nitrogens with zero attached hydrogens (tertiary/aromatic N) is 2. The molecule has 2 heterocycles. The second kappa shape index (κ2) is 8.30. The van der Waals surface area contributed by atoms with Crippen molar-refractivity contribution in [1.29, 1.82) is 0 Å². The third kappa shape index (κ3) is 3.78. The highest BCUT2D eigenvalue weighted by atomic mass is 35.5. The van der Waals surface area contributed by atoms with Crippen molar-refractivity contribution in [3.05, 3.63) is 63.2 Å². The lowest BCUT2D eigenvalue weighted by Crippen LogP contribution is -2.24. The zero-order chi connectivity index (χ0) is 21.4. The van der Waals surface area contributed by atoms with Crippen molar-refractivity contribution < 1.29 is 9.59 Å². The third-order valence-corrected chi connectivity index (χ3v) is 5.97. The lowest BCUT2D eigenvalue weighted by Gasteiger charge is -2.11. The van der Waals surface area contributed by atoms with Gasteiger partial charge in [0, 0.05) is 10.6 Å². The van der Waals surface area contributed by atoms with E-state index in [1.807, 2.05) is 19.1 Å². The Morgan fingerprint density at radius 2 is 1.90 bits per heavy atom. The summed E-state index contributed by atoms with van der Waals surface area (Å²) in [5, 5.41) is 11.4. The van der Waals surface area contributed by atoms with Gasteiger partial charge in [0.1, 0.15) is 11.9 Å². The van der Waals surface area contributed by atoms with Crippen LogP contribution >= 0.6 is 34.8 Å². The van der Waals surface area contributed by atoms with Crippen molar-refractivity contribution >= 4 is 58.1 Å². The molecule has 0 radical (unpaired) electrons. The smallest absolute Gasteiger partial charge is 0.251 e. The van der Waals surface area contributed by atoms with Gasteiger partial charge in [-0.3, -0.25) is 9.59 Å². The number of amides is 2. The SMILES string of the molecule is CCc1nn2c(c1-c1ccc(Cl)cc1)NC(=O)C2CC(=O)Nc1cccc(Cl)c1Cl. The highest BCUT2D eigenvalue weighted by molar-refractivity contribution is 6.44. The number of hydrogen-bond acceptors (Lipinski definition) is 3. The van der Waals surface area contributed by atoms with Crippen LogP contribution in [-0.4, -0.2) is 21.6 Å². The number of carbonyl (C=O) groups excluding carboxylic acids is 2. The summed E-state index contributed by atoms with van der Waals surface area (Å²) in [4.78, 5) is 25.2. The molecule has 9 heteroatoms. The zero-order valence-corrected chi connectivity index (χ0v) is 18.1. The molecule has 0 aliphatic carbocycles. The van der Waals surface area contributed by atoms with E-state index in [2.05, 4.69) is 15.7 Å². The first-order chi connectivity index (χ1) is 14.4. The lowest BCUT2D eigenvalue weighted by molar-refractivity contribution is -0.123. The number of aryl methyl sites for hydroxylation is 1. The number of aromatic nitrogens is 2. The van der Waals surface area contributed by atoms with E-state index in [0.717, 1.165) is 16.8 Å². The highest BCUT2D eigenvalue weighted by Gasteiger charge is 2.36. The Labute approximate surface area is 188 Å². The van der Waals surface area contributed by atoms with Gasteiger partial charge >= 0.3 is 0 Å². The van der Waals surface area contributed by atoms with Gasteiger partial charge in [0.05, 0.1) is 27.8 Å². The van der Waals surface area contributed by atoms with Gasteiger partial charge in [-0.2, -0.15) is 5.10 Å². The van der Waals surface area contributed by atoms with Gasteiger partial charge in [-0.25, -0.2) is 4.68 Å². The number of fused-ring (bicyclic) bond motifs is 1. The van der Waals surface area contributed by atoms with E-state index in [0.29, 0.717) is 28.0 Å². The molecule has 2 N–H and O–H groups in total. The largest absolute Gasteiger partial charge is 0.325 e. The van der Waals surface area contributed by atoms with Gasteiger partial charge in [0.2, 0.25) is 5.91 Å². The van der Waals surface area contributed by atoms with E-state index < -0.39 is 6.04 Å². The second-order valence-corrected chi connectivity index (χ2v) is 8.06. The van der Waals surface area contributed by atoms with Crippen molar-refractivity contribution in [2.75, 3.05) is 10.6 Å². The first-order valence-electron chi connectivity index (χ1n) is 9.31. The molecule has 154 valence electrons. The molecular formula is C21H17Cl3N4O2. The summed E-state index contributed by atoms with van der Waals surface area (Å²) in [6.45, 7) is 1.99. The van der Waals surface area contributed by atoms with Crippen LogP contribution in [0.1, 0.15) is 25.1 Å². The molecule has 1 aromatic heterocycles. The van der Waals surface area contributed by atoms with Crippen LogP contribution in [0.2, 0.25) is 15.1 Å². The standard InChI is InChI=1S/C21H17Cl3N4O2/c1-2-14-18(11-6-8-12(22)9-7-11)20-26-21(30)16(28(20)27-14)10-17(29)25-15-5-3-4-13(23)19(15)24/h3-9,16H,2,10H2,1H3,(H,25,29)(H,26,30). The summed E-state index contributed by atoms with van der Waals surface area (Å²) in [5.74, 6) is -0.0748. The Balaban J connectivity index is 1.62. The van der Waals surface area contributed by atoms with Crippen LogP contribution in [0.4, 0.5) is 11.5 Å². The molecule has 0 fully saturated rings. The van der Waals surface area contributed by atoms with E-state index >= 15 is 0 Å². The van der Waals surface area contributed by atoms with Gasteiger partial charge in [0.15, 0.2) is 0 Å². The molecule has 3 aromatic rings. The van der Waals surface area contributed by atoms with Gasteiger partial charge < -0.3 is 10.6 Å². The first kappa shape index (κ1) is 20.7. The molecule has 0 saturated heterocycles. The fourth-order valence-corrected chi connectivity index (χ4v) is 3.94. The molecule has 30 heavy (non-hydrogen) atoms. The molecule has 1 unspecified atom stereocenters. The Hall–Kier alpha value is -2.54. The maximum Gasteiger partial charge on any atom is 0.251 e.